The molecule has 0 radical (unpaired) electrons. The lowest BCUT2D eigenvalue weighted by Gasteiger charge is -2.34. The normalized spacial score (nSPS) is 18.4. The second-order valence-electron chi connectivity index (χ2n) is 9.83. The third kappa shape index (κ3) is 7.83. The van der Waals surface area contributed by atoms with Crippen molar-refractivity contribution < 1.29 is 32.6 Å². The van der Waals surface area contributed by atoms with Crippen molar-refractivity contribution in [2.45, 2.75) is 44.9 Å². The van der Waals surface area contributed by atoms with E-state index < -0.39 is 12.8 Å². The molecule has 1 N–H and O–H groups in total. The Labute approximate surface area is 225 Å². The summed E-state index contributed by atoms with van der Waals surface area (Å²) in [4.78, 5) is 32.2. The molecular formula is C27H33ClF3N3O4. The number of ether oxygens (including phenoxy) is 1. The first-order valence-electron chi connectivity index (χ1n) is 12.5. The van der Waals surface area contributed by atoms with Crippen LogP contribution in [0.5, 0.6) is 5.88 Å². The van der Waals surface area contributed by atoms with Gasteiger partial charge in [0.05, 0.1) is 12.2 Å². The van der Waals surface area contributed by atoms with E-state index in [1.165, 1.54) is 11.3 Å². The van der Waals surface area contributed by atoms with Crippen LogP contribution < -0.4 is 4.74 Å². The Morgan fingerprint density at radius 2 is 1.79 bits per heavy atom. The fourth-order valence-corrected chi connectivity index (χ4v) is 5.21. The van der Waals surface area contributed by atoms with Gasteiger partial charge in [0, 0.05) is 33.3 Å². The molecular weight excluding hydrogens is 523 g/mol. The van der Waals surface area contributed by atoms with Crippen molar-refractivity contribution in [3.63, 3.8) is 0 Å². The van der Waals surface area contributed by atoms with Gasteiger partial charge in [-0.3, -0.25) is 9.59 Å². The van der Waals surface area contributed by atoms with Crippen LogP contribution in [0.4, 0.5) is 13.2 Å². The van der Waals surface area contributed by atoms with E-state index >= 15 is 0 Å². The standard InChI is InChI=1S/C26H32ClN3O4.CHF3/c1-29(2)24(32)20-10-11-21(28-23(20)27)34-16-6-9-19-17-26(19)12-14-30(15-13-26)25(33)22(31)18-7-4-3-5-8-18;2-1(3)4/h3-5,7-8,10-11,19,22,31H,6,9,12-17H2,1-2H3;1H. The van der Waals surface area contributed by atoms with Crippen molar-refractivity contribution in [2.75, 3.05) is 33.8 Å². The van der Waals surface area contributed by atoms with Crippen LogP contribution in [0.15, 0.2) is 42.5 Å². The number of likely N-dealkylation sites (tertiary alicyclic amines) is 1. The molecule has 1 aromatic heterocycles. The lowest BCUT2D eigenvalue weighted by atomic mass is 9.89. The highest BCUT2D eigenvalue weighted by atomic mass is 35.5. The molecule has 2 aromatic rings. The molecule has 2 atom stereocenters. The first kappa shape index (κ1) is 29.7. The predicted octanol–water partition coefficient (Wildman–Crippen LogP) is 5.14. The summed E-state index contributed by atoms with van der Waals surface area (Å²) in [5.41, 5.74) is 1.34. The van der Waals surface area contributed by atoms with E-state index in [0.29, 0.717) is 48.0 Å². The number of benzene rings is 1. The maximum absolute atomic E-state index is 12.7. The second-order valence-corrected chi connectivity index (χ2v) is 10.2. The highest BCUT2D eigenvalue weighted by Gasteiger charge is 2.54. The monoisotopic (exact) mass is 555 g/mol. The molecule has 4 rings (SSSR count). The van der Waals surface area contributed by atoms with E-state index in [9.17, 15) is 27.9 Å². The SMILES string of the molecule is CN(C)C(=O)c1ccc(OCCCC2CC23CCN(C(=O)C(O)c2ccccc2)CC3)nc1Cl.FC(F)F. The minimum Gasteiger partial charge on any atom is -0.478 e. The van der Waals surface area contributed by atoms with Crippen molar-refractivity contribution in [3.05, 3.63) is 58.7 Å². The zero-order valence-electron chi connectivity index (χ0n) is 21.5. The number of aliphatic hydroxyl groups excluding tert-OH is 1. The number of nitrogens with zero attached hydrogens (tertiary/aromatic N) is 3. The number of hydrogen-bond donors (Lipinski definition) is 1. The highest BCUT2D eigenvalue weighted by Crippen LogP contribution is 2.61. The number of rotatable bonds is 8. The van der Waals surface area contributed by atoms with Crippen LogP contribution in [0.25, 0.3) is 0 Å². The first-order valence-corrected chi connectivity index (χ1v) is 12.9. The molecule has 38 heavy (non-hydrogen) atoms. The molecule has 11 heteroatoms. The molecule has 1 aromatic carbocycles. The number of alkyl halides is 3. The van der Waals surface area contributed by atoms with Crippen molar-refractivity contribution in [3.8, 4) is 5.88 Å². The number of hydrogen-bond acceptors (Lipinski definition) is 5. The quantitative estimate of drug-likeness (QED) is 0.360. The van der Waals surface area contributed by atoms with Gasteiger partial charge in [0.25, 0.3) is 11.8 Å². The van der Waals surface area contributed by atoms with Crippen molar-refractivity contribution >= 4 is 23.4 Å². The molecule has 2 aliphatic rings. The van der Waals surface area contributed by atoms with Crippen LogP contribution in [0, 0.1) is 11.3 Å². The molecule has 2 amide bonds. The molecule has 1 aliphatic carbocycles. The lowest BCUT2D eigenvalue weighted by molar-refractivity contribution is -0.142. The Hall–Kier alpha value is -2.85. The summed E-state index contributed by atoms with van der Waals surface area (Å²) in [5.74, 6) is 0.695. The molecule has 1 saturated heterocycles. The average Bonchev–Trinajstić information content (AvgIpc) is 3.57. The molecule has 208 valence electrons. The highest BCUT2D eigenvalue weighted by molar-refractivity contribution is 6.32. The Balaban J connectivity index is 0.000000934. The van der Waals surface area contributed by atoms with Crippen LogP contribution in [0.3, 0.4) is 0 Å². The zero-order valence-corrected chi connectivity index (χ0v) is 22.2. The van der Waals surface area contributed by atoms with Crippen LogP contribution in [-0.4, -0.2) is 72.2 Å². The summed E-state index contributed by atoms with van der Waals surface area (Å²) in [5, 5.41) is 10.6. The summed E-state index contributed by atoms with van der Waals surface area (Å²) in [6.07, 6.45) is 4.08. The Morgan fingerprint density at radius 1 is 1.16 bits per heavy atom. The van der Waals surface area contributed by atoms with Gasteiger partial charge < -0.3 is 19.6 Å². The molecule has 7 nitrogen and oxygen atoms in total. The summed E-state index contributed by atoms with van der Waals surface area (Å²) >= 11 is 6.15. The van der Waals surface area contributed by atoms with E-state index in [1.807, 2.05) is 23.1 Å². The van der Waals surface area contributed by atoms with E-state index in [4.69, 9.17) is 16.3 Å². The first-order chi connectivity index (χ1) is 18.0. The molecule has 2 fully saturated rings. The Kier molecular flexibility index (Phi) is 10.4. The third-order valence-corrected chi connectivity index (χ3v) is 7.47. The molecule has 1 aliphatic heterocycles. The predicted molar refractivity (Wildman–Crippen MR) is 137 cm³/mol. The number of amides is 2. The summed E-state index contributed by atoms with van der Waals surface area (Å²) < 4.78 is 34.8. The van der Waals surface area contributed by atoms with Crippen LogP contribution >= 0.6 is 11.6 Å². The van der Waals surface area contributed by atoms with E-state index in [2.05, 4.69) is 4.98 Å². The number of carbonyl (C=O) groups is 2. The van der Waals surface area contributed by atoms with Crippen LogP contribution in [-0.2, 0) is 4.79 Å². The minimum atomic E-state index is -3.67. The van der Waals surface area contributed by atoms with Gasteiger partial charge in [-0.25, -0.2) is 4.98 Å². The van der Waals surface area contributed by atoms with Gasteiger partial charge in [0.15, 0.2) is 6.10 Å². The molecule has 1 spiro atoms. The largest absolute Gasteiger partial charge is 0.478 e. The smallest absolute Gasteiger partial charge is 0.379 e. The number of carbonyl (C=O) groups excluding carboxylic acids is 2. The molecule has 1 saturated carbocycles. The van der Waals surface area contributed by atoms with E-state index in [0.717, 1.165) is 25.7 Å². The molecule has 0 bridgehead atoms. The van der Waals surface area contributed by atoms with Gasteiger partial charge in [-0.05, 0) is 55.1 Å². The maximum atomic E-state index is 12.7. The average molecular weight is 556 g/mol. The lowest BCUT2D eigenvalue weighted by Crippen LogP contribution is -2.42. The van der Waals surface area contributed by atoms with Gasteiger partial charge in [0.2, 0.25) is 5.88 Å². The van der Waals surface area contributed by atoms with Crippen molar-refractivity contribution in [1.29, 1.82) is 0 Å². The van der Waals surface area contributed by atoms with E-state index in [1.54, 1.807) is 38.4 Å². The topological polar surface area (TPSA) is 83.0 Å². The fourth-order valence-electron chi connectivity index (χ4n) is 4.98. The van der Waals surface area contributed by atoms with Crippen LogP contribution in [0.1, 0.15) is 54.1 Å². The Bertz CT molecular complexity index is 1080. The second kappa shape index (κ2) is 13.3. The van der Waals surface area contributed by atoms with Gasteiger partial charge in [0.1, 0.15) is 5.15 Å². The number of aromatic nitrogens is 1. The van der Waals surface area contributed by atoms with Crippen LogP contribution in [0.2, 0.25) is 5.15 Å². The van der Waals surface area contributed by atoms with Gasteiger partial charge in [-0.15, -0.1) is 0 Å². The van der Waals surface area contributed by atoms with Gasteiger partial charge in [-0.2, -0.15) is 13.2 Å². The number of pyridine rings is 1. The summed E-state index contributed by atoms with van der Waals surface area (Å²) in [7, 11) is 3.34. The minimum absolute atomic E-state index is 0.149. The van der Waals surface area contributed by atoms with Crippen molar-refractivity contribution in [2.24, 2.45) is 11.3 Å². The zero-order chi connectivity index (χ0) is 27.9. The molecule has 2 unspecified atom stereocenters. The Morgan fingerprint density at radius 3 is 2.37 bits per heavy atom. The van der Waals surface area contributed by atoms with E-state index in [-0.39, 0.29) is 17.0 Å². The fraction of sp³-hybridized carbons (Fsp3) is 0.519. The molecule has 2 heterocycles. The summed E-state index contributed by atoms with van der Waals surface area (Å²) in [6.45, 7) is -1.71. The van der Waals surface area contributed by atoms with Crippen molar-refractivity contribution in [1.82, 2.24) is 14.8 Å². The number of halogens is 4. The third-order valence-electron chi connectivity index (χ3n) is 7.19. The maximum Gasteiger partial charge on any atom is 0.379 e. The number of piperidine rings is 1. The summed E-state index contributed by atoms with van der Waals surface area (Å²) in [6, 6.07) is 12.4. The van der Waals surface area contributed by atoms with Gasteiger partial charge in [-0.1, -0.05) is 41.9 Å². The number of aliphatic hydroxyl groups is 1. The van der Waals surface area contributed by atoms with Gasteiger partial charge >= 0.3 is 6.68 Å².